The predicted molar refractivity (Wildman–Crippen MR) is 74.8 cm³/mol. The van der Waals surface area contributed by atoms with Crippen LogP contribution in [-0.2, 0) is 0 Å². The molecule has 1 saturated carbocycles. The van der Waals surface area contributed by atoms with Crippen LogP contribution < -0.4 is 10.6 Å². The highest BCUT2D eigenvalue weighted by atomic mass is 32.1. The van der Waals surface area contributed by atoms with Crippen LogP contribution in [0, 0.1) is 11.8 Å². The normalized spacial score (nSPS) is 30.3. The Labute approximate surface area is 114 Å². The van der Waals surface area contributed by atoms with E-state index in [1.165, 1.54) is 32.1 Å². The molecule has 0 bridgehead atoms. The second-order valence-electron chi connectivity index (χ2n) is 5.48. The molecule has 2 fully saturated rings. The Bertz CT molecular complexity index is 316. The van der Waals surface area contributed by atoms with Gasteiger partial charge in [-0.05, 0) is 24.7 Å². The van der Waals surface area contributed by atoms with Gasteiger partial charge in [0.25, 0.3) is 0 Å². The molecule has 1 saturated heterocycles. The van der Waals surface area contributed by atoms with E-state index in [2.05, 4.69) is 10.6 Å². The summed E-state index contributed by atoms with van der Waals surface area (Å²) in [7, 11) is 0. The Morgan fingerprint density at radius 2 is 1.89 bits per heavy atom. The zero-order valence-corrected chi connectivity index (χ0v) is 11.5. The molecule has 5 heteroatoms. The molecule has 0 aromatic heterocycles. The van der Waals surface area contributed by atoms with E-state index in [0.29, 0.717) is 10.9 Å². The summed E-state index contributed by atoms with van der Waals surface area (Å²) in [4.78, 5) is 11.4. The van der Waals surface area contributed by atoms with Crippen LogP contribution in [0.5, 0.6) is 0 Å². The number of rotatable bonds is 2. The van der Waals surface area contributed by atoms with E-state index >= 15 is 0 Å². The van der Waals surface area contributed by atoms with Gasteiger partial charge in [-0.2, -0.15) is 0 Å². The Balaban J connectivity index is 1.90. The van der Waals surface area contributed by atoms with Crippen molar-refractivity contribution >= 4 is 23.3 Å². The van der Waals surface area contributed by atoms with Crippen LogP contribution in [0.2, 0.25) is 0 Å². The lowest BCUT2D eigenvalue weighted by molar-refractivity contribution is 0.191. The lowest BCUT2D eigenvalue weighted by atomic mass is 9.78. The molecule has 0 unspecified atom stereocenters. The molecule has 0 aromatic rings. The average Bonchev–Trinajstić information content (AvgIpc) is 2.54. The number of nitrogens with one attached hydrogen (secondary N) is 2. The van der Waals surface area contributed by atoms with Gasteiger partial charge in [-0.3, -0.25) is 0 Å². The number of thiocarbonyl (C=S) groups is 1. The maximum absolute atomic E-state index is 10.7. The number of hydrogen-bond acceptors (Lipinski definition) is 2. The van der Waals surface area contributed by atoms with Crippen molar-refractivity contribution < 1.29 is 9.90 Å². The van der Waals surface area contributed by atoms with Crippen LogP contribution in [0.4, 0.5) is 4.79 Å². The molecule has 102 valence electrons. The summed E-state index contributed by atoms with van der Waals surface area (Å²) < 4.78 is 0. The topological polar surface area (TPSA) is 61.4 Å². The largest absolute Gasteiger partial charge is 0.465 e. The lowest BCUT2D eigenvalue weighted by Gasteiger charge is -2.29. The van der Waals surface area contributed by atoms with Crippen LogP contribution in [0.1, 0.15) is 44.9 Å². The molecule has 1 amide bonds. The number of carboxylic acid groups (broad SMARTS) is 1. The van der Waals surface area contributed by atoms with Gasteiger partial charge >= 0.3 is 6.09 Å². The number of hydrogen-bond donors (Lipinski definition) is 3. The standard InChI is InChI=1S/C13H22N2O2S/c16-13(17)15-11-7-6-10(8-14-12(11)18)9-4-2-1-3-5-9/h9-11,15H,1-8H2,(H,14,18)(H,16,17)/t10-,11-/m1/s1. The first kappa shape index (κ1) is 13.6. The number of carbonyl (C=O) groups is 1. The van der Waals surface area contributed by atoms with Crippen LogP contribution in [0.25, 0.3) is 0 Å². The van der Waals surface area contributed by atoms with E-state index in [1.54, 1.807) is 0 Å². The van der Waals surface area contributed by atoms with Gasteiger partial charge in [0.1, 0.15) is 0 Å². The SMILES string of the molecule is O=C(O)N[C@@H]1CC[C@@H](C2CCCCC2)CNC1=S. The smallest absolute Gasteiger partial charge is 0.405 e. The quantitative estimate of drug-likeness (QED) is 0.675. The van der Waals surface area contributed by atoms with Gasteiger partial charge in [0.05, 0.1) is 11.0 Å². The fourth-order valence-corrected chi connectivity index (χ4v) is 3.52. The van der Waals surface area contributed by atoms with Crippen molar-refractivity contribution in [3.8, 4) is 0 Å². The third-order valence-electron chi connectivity index (χ3n) is 4.30. The van der Waals surface area contributed by atoms with E-state index in [-0.39, 0.29) is 6.04 Å². The summed E-state index contributed by atoms with van der Waals surface area (Å²) in [6.45, 7) is 0.918. The Hall–Kier alpha value is -0.840. The van der Waals surface area contributed by atoms with Crippen molar-refractivity contribution in [3.63, 3.8) is 0 Å². The highest BCUT2D eigenvalue weighted by Crippen LogP contribution is 2.33. The summed E-state index contributed by atoms with van der Waals surface area (Å²) in [6.07, 6.45) is 7.65. The minimum absolute atomic E-state index is 0.203. The van der Waals surface area contributed by atoms with Crippen molar-refractivity contribution in [3.05, 3.63) is 0 Å². The molecule has 2 atom stereocenters. The zero-order valence-electron chi connectivity index (χ0n) is 10.7. The molecule has 0 spiro atoms. The fourth-order valence-electron chi connectivity index (χ4n) is 3.26. The zero-order chi connectivity index (χ0) is 13.0. The fraction of sp³-hybridized carbons (Fsp3) is 0.846. The third-order valence-corrected chi connectivity index (χ3v) is 4.72. The maximum atomic E-state index is 10.7. The molecule has 1 aliphatic carbocycles. The van der Waals surface area contributed by atoms with Gasteiger partial charge in [-0.1, -0.05) is 44.3 Å². The molecule has 2 rings (SSSR count). The minimum atomic E-state index is -0.986. The van der Waals surface area contributed by atoms with Gasteiger partial charge < -0.3 is 15.7 Å². The van der Waals surface area contributed by atoms with Crippen molar-refractivity contribution in [1.29, 1.82) is 0 Å². The average molecular weight is 270 g/mol. The molecule has 3 N–H and O–H groups in total. The monoisotopic (exact) mass is 270 g/mol. The second kappa shape index (κ2) is 6.36. The minimum Gasteiger partial charge on any atom is -0.465 e. The van der Waals surface area contributed by atoms with Gasteiger partial charge in [-0.25, -0.2) is 4.79 Å². The van der Waals surface area contributed by atoms with E-state index in [1.807, 2.05) is 0 Å². The molecule has 4 nitrogen and oxygen atoms in total. The van der Waals surface area contributed by atoms with Gasteiger partial charge in [-0.15, -0.1) is 0 Å². The van der Waals surface area contributed by atoms with Crippen LogP contribution >= 0.6 is 12.2 Å². The first-order chi connectivity index (χ1) is 8.66. The Morgan fingerprint density at radius 1 is 1.17 bits per heavy atom. The first-order valence-electron chi connectivity index (χ1n) is 6.94. The Kier molecular flexibility index (Phi) is 4.80. The molecule has 1 aliphatic heterocycles. The lowest BCUT2D eigenvalue weighted by Crippen LogP contribution is -2.44. The predicted octanol–water partition coefficient (Wildman–Crippen LogP) is 2.53. The van der Waals surface area contributed by atoms with Crippen LogP contribution in [0.15, 0.2) is 0 Å². The van der Waals surface area contributed by atoms with Crippen molar-refractivity contribution in [2.45, 2.75) is 51.0 Å². The molecular weight excluding hydrogens is 248 g/mol. The van der Waals surface area contributed by atoms with E-state index < -0.39 is 6.09 Å². The third kappa shape index (κ3) is 3.57. The van der Waals surface area contributed by atoms with Crippen LogP contribution in [0.3, 0.4) is 0 Å². The van der Waals surface area contributed by atoms with E-state index in [0.717, 1.165) is 25.3 Å². The maximum Gasteiger partial charge on any atom is 0.405 e. The van der Waals surface area contributed by atoms with E-state index in [4.69, 9.17) is 17.3 Å². The molecule has 2 aliphatic rings. The van der Waals surface area contributed by atoms with Gasteiger partial charge in [0.15, 0.2) is 0 Å². The molecule has 0 aromatic carbocycles. The summed E-state index contributed by atoms with van der Waals surface area (Å²) >= 11 is 5.25. The summed E-state index contributed by atoms with van der Waals surface area (Å²) in [5.74, 6) is 1.46. The first-order valence-corrected chi connectivity index (χ1v) is 7.35. The summed E-state index contributed by atoms with van der Waals surface area (Å²) in [6, 6.07) is -0.203. The Morgan fingerprint density at radius 3 is 2.56 bits per heavy atom. The summed E-state index contributed by atoms with van der Waals surface area (Å²) in [5, 5.41) is 14.6. The molecular formula is C13H22N2O2S. The summed E-state index contributed by atoms with van der Waals surface area (Å²) in [5.41, 5.74) is 0. The van der Waals surface area contributed by atoms with E-state index in [9.17, 15) is 4.79 Å². The number of amides is 1. The van der Waals surface area contributed by atoms with Gasteiger partial charge in [0.2, 0.25) is 0 Å². The molecule has 1 heterocycles. The van der Waals surface area contributed by atoms with Crippen molar-refractivity contribution in [2.24, 2.45) is 11.8 Å². The molecule has 0 radical (unpaired) electrons. The van der Waals surface area contributed by atoms with Gasteiger partial charge in [0, 0.05) is 6.54 Å². The van der Waals surface area contributed by atoms with Crippen LogP contribution in [-0.4, -0.2) is 28.8 Å². The molecule has 18 heavy (non-hydrogen) atoms. The highest BCUT2D eigenvalue weighted by Gasteiger charge is 2.29. The van der Waals surface area contributed by atoms with Crippen molar-refractivity contribution in [2.75, 3.05) is 6.54 Å². The van der Waals surface area contributed by atoms with Crippen molar-refractivity contribution in [1.82, 2.24) is 10.6 Å². The highest BCUT2D eigenvalue weighted by molar-refractivity contribution is 7.80. The second-order valence-corrected chi connectivity index (χ2v) is 5.92.